The van der Waals surface area contributed by atoms with Gasteiger partial charge in [-0.25, -0.2) is 9.78 Å². The molecule has 2 heterocycles. The highest BCUT2D eigenvalue weighted by molar-refractivity contribution is 5.96. The first kappa shape index (κ1) is 37.6. The second kappa shape index (κ2) is 18.4. The van der Waals surface area contributed by atoms with Crippen LogP contribution in [0.1, 0.15) is 59.1 Å². The van der Waals surface area contributed by atoms with Crippen molar-refractivity contribution < 1.29 is 38.7 Å². The molecular formula is C29H47N9O8. The lowest BCUT2D eigenvalue weighted by molar-refractivity contribution is -0.143. The smallest absolute Gasteiger partial charge is 0.326 e. The SMILES string of the molecule is CC[C@H](C)[C@H](NC(=O)[C@@H]1CCCN1C(=O)[C@@H](NC(=O)CN)[C@@H](C)CC)C(=O)NCC(=O)NCC(=O)N[C@@H](Cc1c[nH]cn1)C(=O)O. The highest BCUT2D eigenvalue weighted by atomic mass is 16.4. The Bertz CT molecular complexity index is 1230. The molecule has 2 rings (SSSR count). The Morgan fingerprint density at radius 3 is 2.20 bits per heavy atom. The van der Waals surface area contributed by atoms with E-state index >= 15 is 0 Å². The third-order valence-corrected chi connectivity index (χ3v) is 8.08. The summed E-state index contributed by atoms with van der Waals surface area (Å²) < 4.78 is 0. The van der Waals surface area contributed by atoms with Gasteiger partial charge in [0, 0.05) is 19.2 Å². The van der Waals surface area contributed by atoms with Crippen LogP contribution in [0.15, 0.2) is 12.5 Å². The molecule has 1 aliphatic heterocycles. The molecule has 1 aromatic heterocycles. The van der Waals surface area contributed by atoms with Crippen LogP contribution in [0.3, 0.4) is 0 Å². The van der Waals surface area contributed by atoms with Crippen molar-refractivity contribution in [2.45, 2.75) is 84.0 Å². The highest BCUT2D eigenvalue weighted by Crippen LogP contribution is 2.22. The van der Waals surface area contributed by atoms with Crippen molar-refractivity contribution in [3.8, 4) is 0 Å². The second-order valence-electron chi connectivity index (χ2n) is 11.4. The summed E-state index contributed by atoms with van der Waals surface area (Å²) in [6, 6.07) is -3.98. The normalized spacial score (nSPS) is 17.5. The van der Waals surface area contributed by atoms with Crippen LogP contribution in [0, 0.1) is 11.8 Å². The maximum atomic E-state index is 13.5. The Hall–Kier alpha value is -4.54. The molecular weight excluding hydrogens is 602 g/mol. The van der Waals surface area contributed by atoms with E-state index in [4.69, 9.17) is 5.73 Å². The molecule has 6 amide bonds. The third kappa shape index (κ3) is 11.1. The molecule has 46 heavy (non-hydrogen) atoms. The quantitative estimate of drug-likeness (QED) is 0.0848. The Morgan fingerprint density at radius 2 is 1.61 bits per heavy atom. The van der Waals surface area contributed by atoms with E-state index in [-0.39, 0.29) is 24.8 Å². The number of nitrogens with one attached hydrogen (secondary N) is 6. The Balaban J connectivity index is 1.96. The van der Waals surface area contributed by atoms with E-state index in [2.05, 4.69) is 36.6 Å². The number of carboxylic acid groups (broad SMARTS) is 1. The van der Waals surface area contributed by atoms with Crippen LogP contribution in [0.5, 0.6) is 0 Å². The standard InChI is InChI=1S/C29H47N9O8/c1-5-16(3)24(37-26(42)20-8-7-9-38(20)28(44)25(17(4)6-2)36-21(39)11-30)27(43)33-13-22(40)32-14-23(41)35-19(29(45)46)10-18-12-31-15-34-18/h12,15-17,19-20,24-25H,5-11,13-14,30H2,1-4H3,(H,31,34)(H,32,40)(H,33,43)(H,35,41)(H,36,39)(H,37,42)(H,45,46)/t16-,17-,19-,20-,24-,25-/m0/s1. The number of H-pyrrole nitrogens is 1. The van der Waals surface area contributed by atoms with E-state index in [0.717, 1.165) is 0 Å². The fourth-order valence-corrected chi connectivity index (χ4v) is 4.92. The van der Waals surface area contributed by atoms with Crippen molar-refractivity contribution in [1.82, 2.24) is 41.5 Å². The lowest BCUT2D eigenvalue weighted by Gasteiger charge is -2.32. The number of hydrogen-bond acceptors (Lipinski definition) is 9. The number of rotatable bonds is 18. The van der Waals surface area contributed by atoms with Crippen molar-refractivity contribution in [2.24, 2.45) is 17.6 Å². The third-order valence-electron chi connectivity index (χ3n) is 8.08. The van der Waals surface area contributed by atoms with Gasteiger partial charge in [-0.2, -0.15) is 0 Å². The minimum absolute atomic E-state index is 0.0621. The van der Waals surface area contributed by atoms with Gasteiger partial charge in [-0.15, -0.1) is 0 Å². The van der Waals surface area contributed by atoms with Gasteiger partial charge < -0.3 is 47.3 Å². The fourth-order valence-electron chi connectivity index (χ4n) is 4.92. The molecule has 0 radical (unpaired) electrons. The Kier molecular flexibility index (Phi) is 15.1. The summed E-state index contributed by atoms with van der Waals surface area (Å²) in [5.74, 6) is -5.29. The summed E-state index contributed by atoms with van der Waals surface area (Å²) >= 11 is 0. The molecule has 1 fully saturated rings. The van der Waals surface area contributed by atoms with Crippen LogP contribution in [-0.2, 0) is 40.0 Å². The molecule has 0 saturated carbocycles. The number of likely N-dealkylation sites (tertiary alicyclic amines) is 1. The van der Waals surface area contributed by atoms with Gasteiger partial charge in [0.1, 0.15) is 24.2 Å². The molecule has 17 heteroatoms. The first-order chi connectivity index (χ1) is 21.8. The Labute approximate surface area is 267 Å². The number of imidazole rings is 1. The molecule has 9 N–H and O–H groups in total. The van der Waals surface area contributed by atoms with Crippen LogP contribution in [0.25, 0.3) is 0 Å². The number of aromatic nitrogens is 2. The van der Waals surface area contributed by atoms with Gasteiger partial charge in [-0.3, -0.25) is 28.8 Å². The van der Waals surface area contributed by atoms with Gasteiger partial charge in [-0.1, -0.05) is 40.5 Å². The number of nitrogens with zero attached hydrogens (tertiary/aromatic N) is 2. The van der Waals surface area contributed by atoms with Gasteiger partial charge in [0.15, 0.2) is 0 Å². The average Bonchev–Trinajstić information content (AvgIpc) is 3.75. The minimum atomic E-state index is -1.27. The Morgan fingerprint density at radius 1 is 0.957 bits per heavy atom. The van der Waals surface area contributed by atoms with Crippen molar-refractivity contribution in [3.63, 3.8) is 0 Å². The van der Waals surface area contributed by atoms with E-state index in [9.17, 15) is 38.7 Å². The van der Waals surface area contributed by atoms with Crippen molar-refractivity contribution in [2.75, 3.05) is 26.2 Å². The van der Waals surface area contributed by atoms with E-state index in [1.165, 1.54) is 17.4 Å². The maximum Gasteiger partial charge on any atom is 0.326 e. The zero-order valence-corrected chi connectivity index (χ0v) is 26.8. The zero-order chi connectivity index (χ0) is 34.4. The average molecular weight is 650 g/mol. The fraction of sp³-hybridized carbons (Fsp3) is 0.655. The number of nitrogens with two attached hydrogens (primary N) is 1. The molecule has 1 saturated heterocycles. The van der Waals surface area contributed by atoms with Gasteiger partial charge >= 0.3 is 5.97 Å². The zero-order valence-electron chi connectivity index (χ0n) is 26.8. The van der Waals surface area contributed by atoms with Gasteiger partial charge in [0.2, 0.25) is 35.4 Å². The van der Waals surface area contributed by atoms with Gasteiger partial charge in [0.25, 0.3) is 0 Å². The minimum Gasteiger partial charge on any atom is -0.480 e. The molecule has 17 nitrogen and oxygen atoms in total. The number of amides is 6. The van der Waals surface area contributed by atoms with Crippen molar-refractivity contribution in [1.29, 1.82) is 0 Å². The second-order valence-corrected chi connectivity index (χ2v) is 11.4. The van der Waals surface area contributed by atoms with E-state index < -0.39 is 78.7 Å². The number of carbonyl (C=O) groups excluding carboxylic acids is 6. The monoisotopic (exact) mass is 649 g/mol. The number of aromatic amines is 1. The predicted molar refractivity (Wildman–Crippen MR) is 164 cm³/mol. The number of carbonyl (C=O) groups is 7. The lowest BCUT2D eigenvalue weighted by Crippen LogP contribution is -2.59. The molecule has 6 atom stereocenters. The van der Waals surface area contributed by atoms with Crippen molar-refractivity contribution >= 4 is 41.4 Å². The first-order valence-electron chi connectivity index (χ1n) is 15.5. The predicted octanol–water partition coefficient (Wildman–Crippen LogP) is -2.23. The highest BCUT2D eigenvalue weighted by Gasteiger charge is 2.40. The molecule has 1 aromatic rings. The summed E-state index contributed by atoms with van der Waals surface area (Å²) in [4.78, 5) is 96.2. The van der Waals surface area contributed by atoms with Crippen LogP contribution in [0.2, 0.25) is 0 Å². The van der Waals surface area contributed by atoms with Gasteiger partial charge in [-0.05, 0) is 24.7 Å². The summed E-state index contributed by atoms with van der Waals surface area (Å²) in [6.07, 6.45) is 4.87. The lowest BCUT2D eigenvalue weighted by atomic mass is 9.96. The van der Waals surface area contributed by atoms with E-state index in [1.54, 1.807) is 6.92 Å². The number of aliphatic carboxylic acids is 1. The summed E-state index contributed by atoms with van der Waals surface area (Å²) in [5.41, 5.74) is 5.86. The molecule has 0 spiro atoms. The van der Waals surface area contributed by atoms with Crippen LogP contribution in [-0.4, -0.2) is 112 Å². The molecule has 0 unspecified atom stereocenters. The molecule has 0 aliphatic carbocycles. The van der Waals surface area contributed by atoms with Crippen molar-refractivity contribution in [3.05, 3.63) is 18.2 Å². The number of carboxylic acids is 1. The van der Waals surface area contributed by atoms with Crippen LogP contribution >= 0.6 is 0 Å². The molecule has 256 valence electrons. The van der Waals surface area contributed by atoms with Crippen LogP contribution < -0.4 is 32.3 Å². The largest absolute Gasteiger partial charge is 0.480 e. The maximum absolute atomic E-state index is 13.5. The molecule has 0 bridgehead atoms. The molecule has 0 aromatic carbocycles. The first-order valence-corrected chi connectivity index (χ1v) is 15.5. The van der Waals surface area contributed by atoms with Gasteiger partial charge in [0.05, 0.1) is 31.7 Å². The molecule has 1 aliphatic rings. The number of hydrogen-bond donors (Lipinski definition) is 8. The summed E-state index contributed by atoms with van der Waals surface area (Å²) in [7, 11) is 0. The topological polar surface area (TPSA) is 258 Å². The van der Waals surface area contributed by atoms with E-state index in [0.29, 0.717) is 37.9 Å². The summed E-state index contributed by atoms with van der Waals surface area (Å²) in [5, 5.41) is 21.9. The summed E-state index contributed by atoms with van der Waals surface area (Å²) in [6.45, 7) is 6.31. The van der Waals surface area contributed by atoms with Crippen LogP contribution in [0.4, 0.5) is 0 Å². The van der Waals surface area contributed by atoms with E-state index in [1.807, 2.05) is 20.8 Å².